The molecule has 5 heteroatoms. The van der Waals surface area contributed by atoms with Gasteiger partial charge in [0.05, 0.1) is 0 Å². The van der Waals surface area contributed by atoms with E-state index in [1.807, 2.05) is 35.9 Å². The van der Waals surface area contributed by atoms with Crippen molar-refractivity contribution >= 4 is 28.6 Å². The van der Waals surface area contributed by atoms with Crippen LogP contribution in [0.4, 0.5) is 0 Å². The molecule has 2 aromatic rings. The van der Waals surface area contributed by atoms with Crippen LogP contribution in [-0.4, -0.2) is 11.1 Å². The van der Waals surface area contributed by atoms with Crippen LogP contribution in [0.15, 0.2) is 29.0 Å². The Morgan fingerprint density at radius 1 is 1.41 bits per heavy atom. The predicted molar refractivity (Wildman–Crippen MR) is 70.6 cm³/mol. The summed E-state index contributed by atoms with van der Waals surface area (Å²) in [5.41, 5.74) is 1.03. The van der Waals surface area contributed by atoms with Gasteiger partial charge in [-0.15, -0.1) is 22.7 Å². The molecule has 1 unspecified atom stereocenters. The molecular weight excluding hydrogens is 254 g/mol. The second-order valence-corrected chi connectivity index (χ2v) is 5.68. The van der Waals surface area contributed by atoms with Gasteiger partial charge in [-0.1, -0.05) is 6.07 Å². The molecule has 0 amide bonds. The number of hydrogen-bond donors (Lipinski definition) is 2. The number of carboxylic acids is 1. The first-order valence-corrected chi connectivity index (χ1v) is 6.97. The smallest absolute Gasteiger partial charge is 0.326 e. The van der Waals surface area contributed by atoms with Crippen LogP contribution in [0, 0.1) is 6.92 Å². The van der Waals surface area contributed by atoms with Crippen LogP contribution < -0.4 is 5.32 Å². The Labute approximate surface area is 108 Å². The Morgan fingerprint density at radius 2 is 2.24 bits per heavy atom. The Kier molecular flexibility index (Phi) is 3.93. The lowest BCUT2D eigenvalue weighted by molar-refractivity contribution is -0.139. The van der Waals surface area contributed by atoms with E-state index >= 15 is 0 Å². The number of thiophene rings is 2. The summed E-state index contributed by atoms with van der Waals surface area (Å²) in [6.45, 7) is 2.53. The summed E-state index contributed by atoms with van der Waals surface area (Å²) in [5.74, 6) is -0.827. The minimum absolute atomic E-state index is 0.589. The maximum Gasteiger partial charge on any atom is 0.326 e. The lowest BCUT2D eigenvalue weighted by Gasteiger charge is -2.13. The molecule has 17 heavy (non-hydrogen) atoms. The largest absolute Gasteiger partial charge is 0.480 e. The number of nitrogens with one attached hydrogen (secondary N) is 1. The summed E-state index contributed by atoms with van der Waals surface area (Å²) in [6.07, 6.45) is 0. The predicted octanol–water partition coefficient (Wildman–Crippen LogP) is 3.03. The van der Waals surface area contributed by atoms with Gasteiger partial charge in [-0.2, -0.15) is 0 Å². The zero-order valence-electron chi connectivity index (χ0n) is 9.34. The fraction of sp³-hybridized carbons (Fsp3) is 0.250. The van der Waals surface area contributed by atoms with E-state index in [9.17, 15) is 9.90 Å². The van der Waals surface area contributed by atoms with Crippen molar-refractivity contribution in [1.29, 1.82) is 0 Å². The SMILES string of the molecule is Cc1ccsc1C(NCc1cccs1)C(=O)O. The van der Waals surface area contributed by atoms with Crippen LogP contribution in [0.3, 0.4) is 0 Å². The van der Waals surface area contributed by atoms with Crippen LogP contribution in [0.1, 0.15) is 21.4 Å². The highest BCUT2D eigenvalue weighted by atomic mass is 32.1. The second kappa shape index (κ2) is 5.44. The summed E-state index contributed by atoms with van der Waals surface area (Å²) in [6, 6.07) is 5.30. The van der Waals surface area contributed by atoms with Crippen LogP contribution in [0.25, 0.3) is 0 Å². The summed E-state index contributed by atoms with van der Waals surface area (Å²) in [5, 5.41) is 16.2. The number of rotatable bonds is 5. The van der Waals surface area contributed by atoms with E-state index in [1.165, 1.54) is 11.3 Å². The molecule has 2 aromatic heterocycles. The minimum Gasteiger partial charge on any atom is -0.480 e. The van der Waals surface area contributed by atoms with Crippen molar-refractivity contribution < 1.29 is 9.90 Å². The molecule has 2 rings (SSSR count). The number of carbonyl (C=O) groups is 1. The third-order valence-corrected chi connectivity index (χ3v) is 4.43. The van der Waals surface area contributed by atoms with Gasteiger partial charge in [0, 0.05) is 16.3 Å². The summed E-state index contributed by atoms with van der Waals surface area (Å²) < 4.78 is 0. The van der Waals surface area contributed by atoms with Gasteiger partial charge in [0.1, 0.15) is 6.04 Å². The maximum atomic E-state index is 11.3. The monoisotopic (exact) mass is 267 g/mol. The summed E-state index contributed by atoms with van der Waals surface area (Å²) >= 11 is 3.11. The lowest BCUT2D eigenvalue weighted by Crippen LogP contribution is -2.27. The molecule has 0 bridgehead atoms. The average molecular weight is 267 g/mol. The molecule has 0 radical (unpaired) electrons. The molecule has 1 atom stereocenters. The van der Waals surface area contributed by atoms with Crippen molar-refractivity contribution in [2.75, 3.05) is 0 Å². The van der Waals surface area contributed by atoms with Crippen molar-refractivity contribution in [3.63, 3.8) is 0 Å². The molecule has 0 saturated heterocycles. The highest BCUT2D eigenvalue weighted by Crippen LogP contribution is 2.24. The van der Waals surface area contributed by atoms with Gasteiger partial charge in [-0.3, -0.25) is 10.1 Å². The molecule has 3 nitrogen and oxygen atoms in total. The fourth-order valence-corrected chi connectivity index (χ4v) is 3.24. The first kappa shape index (κ1) is 12.3. The zero-order chi connectivity index (χ0) is 12.3. The minimum atomic E-state index is -0.827. The fourth-order valence-electron chi connectivity index (χ4n) is 1.59. The Hall–Kier alpha value is -1.17. The maximum absolute atomic E-state index is 11.3. The molecule has 0 aromatic carbocycles. The molecule has 0 aliphatic rings. The molecule has 0 fully saturated rings. The number of carboxylic acid groups (broad SMARTS) is 1. The van der Waals surface area contributed by atoms with Crippen molar-refractivity contribution in [2.24, 2.45) is 0 Å². The highest BCUT2D eigenvalue weighted by molar-refractivity contribution is 7.10. The van der Waals surface area contributed by atoms with Crippen LogP contribution in [0.2, 0.25) is 0 Å². The lowest BCUT2D eigenvalue weighted by atomic mass is 10.1. The third-order valence-electron chi connectivity index (χ3n) is 2.47. The number of aliphatic carboxylic acids is 1. The van der Waals surface area contributed by atoms with Gasteiger partial charge in [0.25, 0.3) is 0 Å². The first-order chi connectivity index (χ1) is 8.18. The third kappa shape index (κ3) is 2.94. The van der Waals surface area contributed by atoms with E-state index in [1.54, 1.807) is 11.3 Å². The van der Waals surface area contributed by atoms with Gasteiger partial charge < -0.3 is 5.11 Å². The summed E-state index contributed by atoms with van der Waals surface area (Å²) in [4.78, 5) is 13.3. The van der Waals surface area contributed by atoms with E-state index in [0.29, 0.717) is 6.54 Å². The molecule has 2 heterocycles. The van der Waals surface area contributed by atoms with E-state index < -0.39 is 12.0 Å². The Bertz CT molecular complexity index is 490. The van der Waals surface area contributed by atoms with Crippen molar-refractivity contribution in [3.8, 4) is 0 Å². The van der Waals surface area contributed by atoms with E-state index in [4.69, 9.17) is 0 Å². The van der Waals surface area contributed by atoms with Gasteiger partial charge in [-0.25, -0.2) is 0 Å². The average Bonchev–Trinajstić information content (AvgIpc) is 2.91. The molecule has 0 aliphatic heterocycles. The second-order valence-electron chi connectivity index (χ2n) is 3.70. The van der Waals surface area contributed by atoms with E-state index in [0.717, 1.165) is 15.3 Å². The van der Waals surface area contributed by atoms with E-state index in [-0.39, 0.29) is 0 Å². The molecule has 2 N–H and O–H groups in total. The van der Waals surface area contributed by atoms with Gasteiger partial charge in [0.2, 0.25) is 0 Å². The number of aryl methyl sites for hydroxylation is 1. The van der Waals surface area contributed by atoms with E-state index in [2.05, 4.69) is 5.32 Å². The topological polar surface area (TPSA) is 49.3 Å². The van der Waals surface area contributed by atoms with Gasteiger partial charge in [0.15, 0.2) is 0 Å². The van der Waals surface area contributed by atoms with Crippen LogP contribution in [-0.2, 0) is 11.3 Å². The molecule has 0 aliphatic carbocycles. The number of hydrogen-bond acceptors (Lipinski definition) is 4. The van der Waals surface area contributed by atoms with Gasteiger partial charge >= 0.3 is 5.97 Å². The zero-order valence-corrected chi connectivity index (χ0v) is 11.0. The quantitative estimate of drug-likeness (QED) is 0.875. The van der Waals surface area contributed by atoms with Crippen molar-refractivity contribution in [3.05, 3.63) is 44.3 Å². The van der Waals surface area contributed by atoms with Crippen LogP contribution in [0.5, 0.6) is 0 Å². The molecule has 0 spiro atoms. The van der Waals surface area contributed by atoms with Gasteiger partial charge in [-0.05, 0) is 35.4 Å². The molecule has 0 saturated carbocycles. The Morgan fingerprint density at radius 3 is 2.76 bits per heavy atom. The van der Waals surface area contributed by atoms with Crippen molar-refractivity contribution in [1.82, 2.24) is 5.32 Å². The Balaban J connectivity index is 2.09. The standard InChI is InChI=1S/C12H13NO2S2/c1-8-4-6-17-11(8)10(12(14)15)13-7-9-3-2-5-16-9/h2-6,10,13H,7H2,1H3,(H,14,15). The highest BCUT2D eigenvalue weighted by Gasteiger charge is 2.22. The summed E-state index contributed by atoms with van der Waals surface area (Å²) in [7, 11) is 0. The van der Waals surface area contributed by atoms with Crippen LogP contribution >= 0.6 is 22.7 Å². The normalized spacial score (nSPS) is 12.5. The van der Waals surface area contributed by atoms with Crippen molar-refractivity contribution in [2.45, 2.75) is 19.5 Å². The molecule has 90 valence electrons. The molecular formula is C12H13NO2S2. The first-order valence-electron chi connectivity index (χ1n) is 5.21.